The van der Waals surface area contributed by atoms with E-state index >= 15 is 0 Å². The van der Waals surface area contributed by atoms with Crippen molar-refractivity contribution in [1.82, 2.24) is 5.32 Å². The lowest BCUT2D eigenvalue weighted by Crippen LogP contribution is -2.38. The third-order valence-electron chi connectivity index (χ3n) is 3.06. The van der Waals surface area contributed by atoms with Crippen LogP contribution in [0.3, 0.4) is 0 Å². The molecule has 1 aromatic carbocycles. The van der Waals surface area contributed by atoms with Gasteiger partial charge in [0.25, 0.3) is 0 Å². The van der Waals surface area contributed by atoms with E-state index in [-0.39, 0.29) is 11.9 Å². The molecule has 1 aromatic rings. The molecule has 1 aliphatic heterocycles. The Morgan fingerprint density at radius 3 is 3.00 bits per heavy atom. The Morgan fingerprint density at radius 2 is 2.33 bits per heavy atom. The van der Waals surface area contributed by atoms with Crippen LogP contribution in [0.4, 0.5) is 5.69 Å². The van der Waals surface area contributed by atoms with Gasteiger partial charge in [-0.3, -0.25) is 4.79 Å². The molecule has 1 fully saturated rings. The van der Waals surface area contributed by atoms with Crippen molar-refractivity contribution >= 4 is 50.1 Å². The van der Waals surface area contributed by atoms with E-state index in [1.807, 2.05) is 23.1 Å². The molecule has 0 bridgehead atoms. The van der Waals surface area contributed by atoms with Crippen LogP contribution in [-0.4, -0.2) is 25.0 Å². The van der Waals surface area contributed by atoms with Crippen LogP contribution in [0.25, 0.3) is 0 Å². The second-order valence-electron chi connectivity index (χ2n) is 4.38. The van der Waals surface area contributed by atoms with E-state index in [1.165, 1.54) is 0 Å². The van der Waals surface area contributed by atoms with Crippen molar-refractivity contribution < 1.29 is 4.79 Å². The zero-order valence-electron chi connectivity index (χ0n) is 10.2. The van der Waals surface area contributed by atoms with Gasteiger partial charge in [0.1, 0.15) is 0 Å². The lowest BCUT2D eigenvalue weighted by molar-refractivity contribution is -0.118. The van der Waals surface area contributed by atoms with Gasteiger partial charge in [-0.2, -0.15) is 0 Å². The molecular formula is C13H16BrIN2O. The van der Waals surface area contributed by atoms with Crippen LogP contribution in [0.5, 0.6) is 0 Å². The van der Waals surface area contributed by atoms with Gasteiger partial charge in [0.05, 0.1) is 6.04 Å². The van der Waals surface area contributed by atoms with E-state index in [1.54, 1.807) is 0 Å². The second kappa shape index (κ2) is 6.34. The first-order valence-corrected chi connectivity index (χ1v) is 8.00. The number of carbonyl (C=O) groups is 1. The van der Waals surface area contributed by atoms with Crippen LogP contribution >= 0.6 is 38.5 Å². The fraction of sp³-hybridized carbons (Fsp3) is 0.462. The lowest BCUT2D eigenvalue weighted by Gasteiger charge is -2.18. The smallest absolute Gasteiger partial charge is 0.244 e. The maximum atomic E-state index is 12.3. The minimum Gasteiger partial charge on any atom is -0.311 e. The molecule has 1 saturated heterocycles. The lowest BCUT2D eigenvalue weighted by atomic mass is 10.2. The first kappa shape index (κ1) is 14.3. The van der Waals surface area contributed by atoms with Crippen LogP contribution < -0.4 is 10.2 Å². The maximum Gasteiger partial charge on any atom is 0.244 e. The molecule has 0 aromatic heterocycles. The summed E-state index contributed by atoms with van der Waals surface area (Å²) in [5, 5.41) is 3.30. The molecule has 2 rings (SSSR count). The van der Waals surface area contributed by atoms with Crippen molar-refractivity contribution in [3.05, 3.63) is 26.2 Å². The Bertz CT molecular complexity index is 453. The first-order chi connectivity index (χ1) is 8.63. The Morgan fingerprint density at radius 1 is 1.56 bits per heavy atom. The topological polar surface area (TPSA) is 32.3 Å². The molecule has 1 atom stereocenters. The van der Waals surface area contributed by atoms with Gasteiger partial charge in [0, 0.05) is 20.3 Å². The molecule has 5 heteroatoms. The average molecular weight is 423 g/mol. The normalized spacial score (nSPS) is 19.6. The average Bonchev–Trinajstić information content (AvgIpc) is 2.72. The molecule has 98 valence electrons. The van der Waals surface area contributed by atoms with E-state index in [2.05, 4.69) is 50.8 Å². The van der Waals surface area contributed by atoms with Crippen molar-refractivity contribution in [2.75, 3.05) is 18.0 Å². The Balaban J connectivity index is 2.10. The monoisotopic (exact) mass is 422 g/mol. The van der Waals surface area contributed by atoms with E-state index in [4.69, 9.17) is 0 Å². The zero-order chi connectivity index (χ0) is 13.1. The van der Waals surface area contributed by atoms with Crippen LogP contribution in [0.1, 0.15) is 19.8 Å². The van der Waals surface area contributed by atoms with Crippen LogP contribution in [-0.2, 0) is 4.79 Å². The number of hydrogen-bond donors (Lipinski definition) is 1. The van der Waals surface area contributed by atoms with Crippen molar-refractivity contribution in [2.24, 2.45) is 0 Å². The molecule has 0 aliphatic carbocycles. The molecule has 1 unspecified atom stereocenters. The summed E-state index contributed by atoms with van der Waals surface area (Å²) in [6, 6.07) is 6.04. The van der Waals surface area contributed by atoms with Gasteiger partial charge in [-0.1, -0.05) is 6.92 Å². The number of nitrogens with one attached hydrogen (secondary N) is 1. The predicted molar refractivity (Wildman–Crippen MR) is 85.9 cm³/mol. The molecule has 1 amide bonds. The van der Waals surface area contributed by atoms with Crippen LogP contribution in [0.15, 0.2) is 22.7 Å². The van der Waals surface area contributed by atoms with Gasteiger partial charge in [-0.05, 0) is 76.1 Å². The first-order valence-electron chi connectivity index (χ1n) is 6.13. The van der Waals surface area contributed by atoms with Crippen molar-refractivity contribution in [3.8, 4) is 0 Å². The summed E-state index contributed by atoms with van der Waals surface area (Å²) in [4.78, 5) is 14.1. The van der Waals surface area contributed by atoms with Crippen molar-refractivity contribution in [1.29, 1.82) is 0 Å². The maximum absolute atomic E-state index is 12.3. The molecule has 0 radical (unpaired) electrons. The Kier molecular flexibility index (Phi) is 5.03. The number of rotatable bonds is 4. The minimum atomic E-state index is -0.0111. The fourth-order valence-electron chi connectivity index (χ4n) is 2.10. The molecule has 1 aliphatic rings. The molecular weight excluding hydrogens is 407 g/mol. The fourth-order valence-corrected chi connectivity index (χ4v) is 2.80. The minimum absolute atomic E-state index is 0.0111. The Labute approximate surface area is 130 Å². The number of halogens is 2. The summed E-state index contributed by atoms with van der Waals surface area (Å²) in [6.07, 6.45) is 1.95. The number of hydrogen-bond acceptors (Lipinski definition) is 2. The summed E-state index contributed by atoms with van der Waals surface area (Å²) in [6.45, 7) is 3.81. The quantitative estimate of drug-likeness (QED) is 0.756. The highest BCUT2D eigenvalue weighted by molar-refractivity contribution is 14.1. The zero-order valence-corrected chi connectivity index (χ0v) is 14.0. The summed E-state index contributed by atoms with van der Waals surface area (Å²) < 4.78 is 2.20. The molecule has 0 spiro atoms. The van der Waals surface area contributed by atoms with E-state index in [9.17, 15) is 4.79 Å². The molecule has 1 N–H and O–H groups in total. The SMILES string of the molecule is CCCNC1CCN(c2ccc(I)c(Br)c2)C1=O. The third-order valence-corrected chi connectivity index (χ3v) is 5.40. The van der Waals surface area contributed by atoms with Gasteiger partial charge in [-0.25, -0.2) is 0 Å². The predicted octanol–water partition coefficient (Wildman–Crippen LogP) is 3.16. The highest BCUT2D eigenvalue weighted by Crippen LogP contribution is 2.28. The van der Waals surface area contributed by atoms with Crippen LogP contribution in [0, 0.1) is 3.57 Å². The second-order valence-corrected chi connectivity index (χ2v) is 6.40. The highest BCUT2D eigenvalue weighted by Gasteiger charge is 2.31. The summed E-state index contributed by atoms with van der Waals surface area (Å²) in [5.74, 6) is 0.191. The highest BCUT2D eigenvalue weighted by atomic mass is 127. The third kappa shape index (κ3) is 3.05. The number of nitrogens with zero attached hydrogens (tertiary/aromatic N) is 1. The largest absolute Gasteiger partial charge is 0.311 e. The van der Waals surface area contributed by atoms with Crippen molar-refractivity contribution in [2.45, 2.75) is 25.8 Å². The number of carbonyl (C=O) groups excluding carboxylic acids is 1. The van der Waals surface area contributed by atoms with Crippen LogP contribution in [0.2, 0.25) is 0 Å². The van der Waals surface area contributed by atoms with E-state index in [0.717, 1.165) is 39.7 Å². The molecule has 1 heterocycles. The number of benzene rings is 1. The molecule has 3 nitrogen and oxygen atoms in total. The van der Waals surface area contributed by atoms with Gasteiger partial charge >= 0.3 is 0 Å². The Hall–Kier alpha value is -0.140. The van der Waals surface area contributed by atoms with E-state index < -0.39 is 0 Å². The van der Waals surface area contributed by atoms with Gasteiger partial charge in [0.15, 0.2) is 0 Å². The van der Waals surface area contributed by atoms with Gasteiger partial charge in [-0.15, -0.1) is 0 Å². The molecule has 18 heavy (non-hydrogen) atoms. The number of amides is 1. The summed E-state index contributed by atoms with van der Waals surface area (Å²) >= 11 is 5.78. The summed E-state index contributed by atoms with van der Waals surface area (Å²) in [7, 11) is 0. The number of anilines is 1. The summed E-state index contributed by atoms with van der Waals surface area (Å²) in [5.41, 5.74) is 0.980. The van der Waals surface area contributed by atoms with Gasteiger partial charge < -0.3 is 10.2 Å². The standard InChI is InChI=1S/C13H16BrIN2O/c1-2-6-16-12-5-7-17(13(12)18)9-3-4-11(15)10(14)8-9/h3-4,8,12,16H,2,5-7H2,1H3. The van der Waals surface area contributed by atoms with Gasteiger partial charge in [0.2, 0.25) is 5.91 Å². The molecule has 0 saturated carbocycles. The van der Waals surface area contributed by atoms with E-state index in [0.29, 0.717) is 0 Å². The van der Waals surface area contributed by atoms with Crippen molar-refractivity contribution in [3.63, 3.8) is 0 Å².